The zero-order valence-electron chi connectivity index (χ0n) is 15.8. The minimum atomic E-state index is -0.212. The number of hydrogen-bond donors (Lipinski definition) is 1. The second-order valence-electron chi connectivity index (χ2n) is 6.44. The Bertz CT molecular complexity index is 1210. The van der Waals surface area contributed by atoms with Gasteiger partial charge in [0.1, 0.15) is 0 Å². The van der Waals surface area contributed by atoms with Gasteiger partial charge in [0.2, 0.25) is 5.95 Å². The van der Waals surface area contributed by atoms with E-state index in [-0.39, 0.29) is 5.56 Å². The summed E-state index contributed by atoms with van der Waals surface area (Å²) in [6.45, 7) is 0.543. The van der Waals surface area contributed by atoms with Crippen molar-refractivity contribution in [2.24, 2.45) is 5.10 Å². The van der Waals surface area contributed by atoms with Crippen molar-refractivity contribution in [3.63, 3.8) is 0 Å². The SMILES string of the molecule is O=c1c2ccccc2nc(NCc2ccccc2)n1/N=C/C=C/c1ccccc1. The van der Waals surface area contributed by atoms with Gasteiger partial charge in [0.05, 0.1) is 10.9 Å². The van der Waals surface area contributed by atoms with E-state index in [4.69, 9.17) is 0 Å². The lowest BCUT2D eigenvalue weighted by atomic mass is 10.2. The van der Waals surface area contributed by atoms with E-state index in [9.17, 15) is 4.79 Å². The summed E-state index contributed by atoms with van der Waals surface area (Å²) in [5.74, 6) is 0.405. The quantitative estimate of drug-likeness (QED) is 0.499. The molecule has 4 rings (SSSR count). The third-order valence-corrected chi connectivity index (χ3v) is 4.40. The molecule has 0 radical (unpaired) electrons. The Kier molecular flexibility index (Phi) is 5.58. The Hall–Kier alpha value is -3.99. The van der Waals surface area contributed by atoms with Gasteiger partial charge in [-0.15, -0.1) is 0 Å². The summed E-state index contributed by atoms with van der Waals surface area (Å²) >= 11 is 0. The maximum atomic E-state index is 13.0. The maximum absolute atomic E-state index is 13.0. The molecule has 142 valence electrons. The monoisotopic (exact) mass is 380 g/mol. The van der Waals surface area contributed by atoms with Gasteiger partial charge in [-0.1, -0.05) is 78.9 Å². The van der Waals surface area contributed by atoms with Crippen molar-refractivity contribution in [3.8, 4) is 0 Å². The number of nitrogens with zero attached hydrogens (tertiary/aromatic N) is 3. The van der Waals surface area contributed by atoms with Crippen LogP contribution in [0, 0.1) is 0 Å². The number of allylic oxidation sites excluding steroid dienone is 1. The number of fused-ring (bicyclic) bond motifs is 1. The minimum absolute atomic E-state index is 0.212. The van der Waals surface area contributed by atoms with Gasteiger partial charge in [0.25, 0.3) is 5.56 Å². The summed E-state index contributed by atoms with van der Waals surface area (Å²) < 4.78 is 1.31. The lowest BCUT2D eigenvalue weighted by Gasteiger charge is -2.11. The average molecular weight is 380 g/mol. The highest BCUT2D eigenvalue weighted by molar-refractivity contribution is 5.80. The predicted molar refractivity (Wildman–Crippen MR) is 119 cm³/mol. The lowest BCUT2D eigenvalue weighted by Crippen LogP contribution is -2.22. The highest BCUT2D eigenvalue weighted by Gasteiger charge is 2.09. The molecular formula is C24H20N4O. The predicted octanol–water partition coefficient (Wildman–Crippen LogP) is 4.56. The third-order valence-electron chi connectivity index (χ3n) is 4.40. The first-order chi connectivity index (χ1) is 14.3. The smallest absolute Gasteiger partial charge is 0.283 e. The molecule has 0 aliphatic rings. The van der Waals surface area contributed by atoms with Crippen LogP contribution in [0.25, 0.3) is 17.0 Å². The number of aromatic nitrogens is 2. The van der Waals surface area contributed by atoms with Crippen LogP contribution in [0.15, 0.2) is 101 Å². The van der Waals surface area contributed by atoms with Crippen molar-refractivity contribution >= 4 is 29.1 Å². The Labute approximate surface area is 168 Å². The standard InChI is InChI=1S/C24H20N4O/c29-23-21-15-7-8-16-22(21)27-24(25-18-20-12-5-2-6-13-20)28(23)26-17-9-14-19-10-3-1-4-11-19/h1-17H,18H2,(H,25,27)/b14-9+,26-17+. The zero-order valence-corrected chi connectivity index (χ0v) is 15.8. The molecule has 0 spiro atoms. The van der Waals surface area contributed by atoms with Crippen LogP contribution in [0.1, 0.15) is 11.1 Å². The molecule has 0 amide bonds. The van der Waals surface area contributed by atoms with E-state index in [2.05, 4.69) is 15.4 Å². The average Bonchev–Trinajstić information content (AvgIpc) is 2.78. The van der Waals surface area contributed by atoms with Crippen molar-refractivity contribution in [2.75, 3.05) is 5.32 Å². The lowest BCUT2D eigenvalue weighted by molar-refractivity contribution is 0.815. The first-order valence-electron chi connectivity index (χ1n) is 9.37. The molecule has 0 aliphatic carbocycles. The van der Waals surface area contributed by atoms with Crippen molar-refractivity contribution in [1.29, 1.82) is 0 Å². The van der Waals surface area contributed by atoms with Gasteiger partial charge in [0.15, 0.2) is 0 Å². The molecule has 0 bridgehead atoms. The number of para-hydroxylation sites is 1. The van der Waals surface area contributed by atoms with Gasteiger partial charge in [-0.2, -0.15) is 9.78 Å². The highest BCUT2D eigenvalue weighted by Crippen LogP contribution is 2.12. The molecule has 0 saturated carbocycles. The van der Waals surface area contributed by atoms with E-state index in [1.165, 1.54) is 4.68 Å². The maximum Gasteiger partial charge on any atom is 0.283 e. The van der Waals surface area contributed by atoms with Gasteiger partial charge in [-0.05, 0) is 29.3 Å². The van der Waals surface area contributed by atoms with E-state index < -0.39 is 0 Å². The number of rotatable bonds is 6. The highest BCUT2D eigenvalue weighted by atomic mass is 16.1. The van der Waals surface area contributed by atoms with E-state index in [0.717, 1.165) is 11.1 Å². The molecule has 1 aromatic heterocycles. The van der Waals surface area contributed by atoms with Gasteiger partial charge in [-0.3, -0.25) is 4.79 Å². The summed E-state index contributed by atoms with van der Waals surface area (Å²) in [5, 5.41) is 8.12. The van der Waals surface area contributed by atoms with Gasteiger partial charge < -0.3 is 5.32 Å². The van der Waals surface area contributed by atoms with Crippen molar-refractivity contribution in [2.45, 2.75) is 6.54 Å². The fraction of sp³-hybridized carbons (Fsp3) is 0.0417. The molecule has 0 aliphatic heterocycles. The fourth-order valence-corrected chi connectivity index (χ4v) is 2.95. The molecule has 1 heterocycles. The van der Waals surface area contributed by atoms with Crippen LogP contribution in [0.3, 0.4) is 0 Å². The summed E-state index contributed by atoms with van der Waals surface area (Å²) in [5.41, 5.74) is 2.58. The van der Waals surface area contributed by atoms with Crippen LogP contribution in [-0.4, -0.2) is 15.9 Å². The Morgan fingerprint density at radius 1 is 0.897 bits per heavy atom. The molecule has 0 atom stereocenters. The van der Waals surface area contributed by atoms with Crippen molar-refractivity contribution in [1.82, 2.24) is 9.66 Å². The van der Waals surface area contributed by atoms with Crippen LogP contribution in [0.4, 0.5) is 5.95 Å². The Morgan fingerprint density at radius 3 is 2.38 bits per heavy atom. The zero-order chi connectivity index (χ0) is 19.9. The minimum Gasteiger partial charge on any atom is -0.350 e. The molecule has 0 unspecified atom stereocenters. The molecule has 0 fully saturated rings. The molecule has 3 aromatic carbocycles. The van der Waals surface area contributed by atoms with Crippen LogP contribution in [-0.2, 0) is 6.54 Å². The third kappa shape index (κ3) is 4.47. The Morgan fingerprint density at radius 2 is 1.59 bits per heavy atom. The normalized spacial score (nSPS) is 11.4. The summed E-state index contributed by atoms with van der Waals surface area (Å²) in [4.78, 5) is 17.6. The molecule has 29 heavy (non-hydrogen) atoms. The number of hydrogen-bond acceptors (Lipinski definition) is 4. The molecule has 4 aromatic rings. The summed E-state index contributed by atoms with van der Waals surface area (Å²) in [6.07, 6.45) is 5.33. The van der Waals surface area contributed by atoms with E-state index >= 15 is 0 Å². The number of nitrogens with one attached hydrogen (secondary N) is 1. The first kappa shape index (κ1) is 18.4. The van der Waals surface area contributed by atoms with Crippen molar-refractivity contribution in [3.05, 3.63) is 112 Å². The van der Waals surface area contributed by atoms with Crippen LogP contribution >= 0.6 is 0 Å². The van der Waals surface area contributed by atoms with Crippen molar-refractivity contribution < 1.29 is 0 Å². The fourth-order valence-electron chi connectivity index (χ4n) is 2.95. The van der Waals surface area contributed by atoms with Crippen LogP contribution in [0.5, 0.6) is 0 Å². The van der Waals surface area contributed by atoms with E-state index in [1.807, 2.05) is 84.9 Å². The summed E-state index contributed by atoms with van der Waals surface area (Å²) in [6, 6.07) is 27.2. The largest absolute Gasteiger partial charge is 0.350 e. The van der Waals surface area contributed by atoms with E-state index in [1.54, 1.807) is 18.4 Å². The molecule has 5 heteroatoms. The first-order valence-corrected chi connectivity index (χ1v) is 9.37. The van der Waals surface area contributed by atoms with Crippen LogP contribution in [0.2, 0.25) is 0 Å². The van der Waals surface area contributed by atoms with Gasteiger partial charge in [0, 0.05) is 12.8 Å². The topological polar surface area (TPSA) is 59.3 Å². The van der Waals surface area contributed by atoms with Gasteiger partial charge >= 0.3 is 0 Å². The molecule has 0 saturated heterocycles. The molecular weight excluding hydrogens is 360 g/mol. The molecule has 5 nitrogen and oxygen atoms in total. The molecule has 1 N–H and O–H groups in total. The Balaban J connectivity index is 1.66. The second kappa shape index (κ2) is 8.80. The number of benzene rings is 3. The van der Waals surface area contributed by atoms with Gasteiger partial charge in [-0.25, -0.2) is 4.98 Å². The van der Waals surface area contributed by atoms with Crippen LogP contribution < -0.4 is 10.9 Å². The summed E-state index contributed by atoms with van der Waals surface area (Å²) in [7, 11) is 0. The van der Waals surface area contributed by atoms with E-state index in [0.29, 0.717) is 23.4 Å². The number of anilines is 1. The second-order valence-corrected chi connectivity index (χ2v) is 6.44.